The van der Waals surface area contributed by atoms with E-state index in [1.807, 2.05) is 18.2 Å². The van der Waals surface area contributed by atoms with E-state index in [9.17, 15) is 10.1 Å². The minimum absolute atomic E-state index is 0.00546. The first kappa shape index (κ1) is 31.5. The van der Waals surface area contributed by atoms with E-state index in [1.165, 1.54) is 32.6 Å². The van der Waals surface area contributed by atoms with Gasteiger partial charge >= 0.3 is 0 Å². The van der Waals surface area contributed by atoms with Crippen LogP contribution < -0.4 is 10.1 Å². The summed E-state index contributed by atoms with van der Waals surface area (Å²) in [4.78, 5) is 22.2. The number of benzene rings is 2. The lowest BCUT2D eigenvalue weighted by Gasteiger charge is -2.18. The predicted molar refractivity (Wildman–Crippen MR) is 165 cm³/mol. The van der Waals surface area contributed by atoms with E-state index in [0.29, 0.717) is 36.2 Å². The van der Waals surface area contributed by atoms with Crippen LogP contribution in [-0.4, -0.2) is 58.7 Å². The van der Waals surface area contributed by atoms with Gasteiger partial charge in [-0.25, -0.2) is 9.97 Å². The number of methoxy groups -OCH3 is 1. The third-order valence-electron chi connectivity index (χ3n) is 6.32. The Morgan fingerprint density at radius 3 is 2.54 bits per heavy atom. The number of para-hydroxylation sites is 1. The zero-order valence-corrected chi connectivity index (χ0v) is 25.2. The fraction of sp³-hybridized carbons (Fsp3) is 0.419. The average molecular weight is 563 g/mol. The third-order valence-corrected chi connectivity index (χ3v) is 6.32. The number of anilines is 2. The smallest absolute Gasteiger partial charge is 0.274 e. The molecule has 4 aromatic rings. The van der Waals surface area contributed by atoms with Gasteiger partial charge in [0.2, 0.25) is 5.95 Å². The maximum Gasteiger partial charge on any atom is 0.274 e. The number of aromatic nitrogens is 3. The van der Waals surface area contributed by atoms with Crippen molar-refractivity contribution in [1.82, 2.24) is 19.4 Å². The maximum atomic E-state index is 11.4. The number of hydrogen-bond donors (Lipinski definition) is 1. The van der Waals surface area contributed by atoms with E-state index >= 15 is 0 Å². The number of hydrogen-bond acceptors (Lipinski definition) is 8. The van der Waals surface area contributed by atoms with Crippen molar-refractivity contribution in [3.05, 3.63) is 70.0 Å². The zero-order chi connectivity index (χ0) is 29.9. The number of nitrogens with one attached hydrogen (secondary N) is 1. The fourth-order valence-electron chi connectivity index (χ4n) is 4.63. The van der Waals surface area contributed by atoms with Gasteiger partial charge in [0.15, 0.2) is 0 Å². The summed E-state index contributed by atoms with van der Waals surface area (Å²) in [7, 11) is 5.69. The van der Waals surface area contributed by atoms with Crippen LogP contribution in [-0.2, 0) is 17.9 Å². The van der Waals surface area contributed by atoms with Crippen LogP contribution in [0.25, 0.3) is 22.2 Å². The van der Waals surface area contributed by atoms with Crippen LogP contribution in [0.2, 0.25) is 0 Å². The minimum Gasteiger partial charge on any atom is -0.495 e. The van der Waals surface area contributed by atoms with Crippen molar-refractivity contribution in [2.24, 2.45) is 0 Å². The van der Waals surface area contributed by atoms with Crippen molar-refractivity contribution in [2.45, 2.75) is 53.7 Å². The van der Waals surface area contributed by atoms with Crippen molar-refractivity contribution in [2.75, 3.05) is 39.7 Å². The molecule has 5 rings (SSSR count). The summed E-state index contributed by atoms with van der Waals surface area (Å²) in [6.45, 7) is 11.3. The molecule has 0 aliphatic carbocycles. The quantitative estimate of drug-likeness (QED) is 0.190. The van der Waals surface area contributed by atoms with Gasteiger partial charge in [0.25, 0.3) is 5.69 Å². The molecule has 1 aliphatic heterocycles. The number of nitro benzene ring substituents is 1. The number of nitro groups is 1. The molecule has 0 fully saturated rings. The second-order valence-electron chi connectivity index (χ2n) is 10.0. The van der Waals surface area contributed by atoms with Gasteiger partial charge < -0.3 is 24.3 Å². The molecule has 2 aromatic carbocycles. The normalized spacial score (nSPS) is 12.1. The molecule has 0 radical (unpaired) electrons. The number of nitrogens with zero attached hydrogens (tertiary/aromatic N) is 5. The molecule has 220 valence electrons. The van der Waals surface area contributed by atoms with Gasteiger partial charge in [-0.2, -0.15) is 0 Å². The molecule has 10 nitrogen and oxygen atoms in total. The van der Waals surface area contributed by atoms with E-state index in [1.54, 1.807) is 19.2 Å². The Labute approximate surface area is 242 Å². The first-order valence-electron chi connectivity index (χ1n) is 14.0. The Hall–Kier alpha value is -4.02. The van der Waals surface area contributed by atoms with Crippen molar-refractivity contribution in [1.29, 1.82) is 0 Å². The van der Waals surface area contributed by atoms with Crippen molar-refractivity contribution in [3.63, 3.8) is 0 Å². The van der Waals surface area contributed by atoms with Crippen molar-refractivity contribution >= 4 is 28.2 Å². The van der Waals surface area contributed by atoms with E-state index in [2.05, 4.69) is 66.8 Å². The molecule has 1 aliphatic rings. The molecule has 0 saturated heterocycles. The van der Waals surface area contributed by atoms with Crippen LogP contribution in [0, 0.1) is 17.0 Å². The largest absolute Gasteiger partial charge is 0.495 e. The monoisotopic (exact) mass is 562 g/mol. The van der Waals surface area contributed by atoms with E-state index in [0.717, 1.165) is 34.4 Å². The SMILES string of the molecule is CCC.CCCN(C)C.COc1cc(C)c([N+](=O)[O-])cc1Nc1nccc(-c2c3n(c4ccccc24)CCOC3)n1. The van der Waals surface area contributed by atoms with Crippen molar-refractivity contribution in [3.8, 4) is 17.0 Å². The Bertz CT molecular complexity index is 1450. The molecule has 3 heterocycles. The van der Waals surface area contributed by atoms with Gasteiger partial charge in [-0.3, -0.25) is 10.1 Å². The second kappa shape index (κ2) is 15.1. The van der Waals surface area contributed by atoms with Crippen LogP contribution in [0.1, 0.15) is 44.9 Å². The topological polar surface area (TPSA) is 108 Å². The van der Waals surface area contributed by atoms with Gasteiger partial charge in [-0.15, -0.1) is 0 Å². The Balaban J connectivity index is 0.000000451. The Morgan fingerprint density at radius 2 is 1.90 bits per heavy atom. The van der Waals surface area contributed by atoms with Gasteiger partial charge in [-0.1, -0.05) is 45.4 Å². The highest BCUT2D eigenvalue weighted by atomic mass is 16.6. The number of aryl methyl sites for hydroxylation is 1. The highest BCUT2D eigenvalue weighted by Crippen LogP contribution is 2.37. The lowest BCUT2D eigenvalue weighted by atomic mass is 10.1. The standard InChI is InChI=1S/C23H21N5O4.C5H13N.C3H8/c1-14-11-21(31-2)17(12-19(14)28(29)30)26-23-24-8-7-16(25-23)22-15-5-3-4-6-18(15)27-9-10-32-13-20(22)27;1-4-5-6(2)3;1-3-2/h3-8,11-12H,9-10,13H2,1-2H3,(H,24,25,26);4-5H2,1-3H3;3H2,1-2H3. The van der Waals surface area contributed by atoms with E-state index in [-0.39, 0.29) is 5.69 Å². The second-order valence-corrected chi connectivity index (χ2v) is 10.0. The molecule has 1 N–H and O–H groups in total. The van der Waals surface area contributed by atoms with Crippen LogP contribution in [0.4, 0.5) is 17.3 Å². The Morgan fingerprint density at radius 1 is 1.17 bits per heavy atom. The first-order chi connectivity index (χ1) is 19.7. The van der Waals surface area contributed by atoms with E-state index in [4.69, 9.17) is 14.5 Å². The minimum atomic E-state index is -0.420. The van der Waals surface area contributed by atoms with Gasteiger partial charge in [0, 0.05) is 40.8 Å². The lowest BCUT2D eigenvalue weighted by Crippen LogP contribution is -2.16. The van der Waals surface area contributed by atoms with E-state index < -0.39 is 4.92 Å². The predicted octanol–water partition coefficient (Wildman–Crippen LogP) is 6.97. The number of fused-ring (bicyclic) bond motifs is 3. The third kappa shape index (κ3) is 7.80. The van der Waals surface area contributed by atoms with Gasteiger partial charge in [-0.05, 0) is 52.2 Å². The number of rotatable bonds is 7. The maximum absolute atomic E-state index is 11.4. The lowest BCUT2D eigenvalue weighted by molar-refractivity contribution is -0.385. The molecule has 2 aromatic heterocycles. The fourth-order valence-corrected chi connectivity index (χ4v) is 4.63. The average Bonchev–Trinajstić information content (AvgIpc) is 3.29. The van der Waals surface area contributed by atoms with Crippen LogP contribution in [0.5, 0.6) is 5.75 Å². The van der Waals surface area contributed by atoms with Gasteiger partial charge in [0.1, 0.15) is 5.75 Å². The summed E-state index contributed by atoms with van der Waals surface area (Å²) in [5.41, 5.74) is 4.91. The van der Waals surface area contributed by atoms with Crippen molar-refractivity contribution < 1.29 is 14.4 Å². The highest BCUT2D eigenvalue weighted by molar-refractivity contribution is 5.97. The highest BCUT2D eigenvalue weighted by Gasteiger charge is 2.22. The summed E-state index contributed by atoms with van der Waals surface area (Å²) in [5.74, 6) is 0.793. The summed E-state index contributed by atoms with van der Waals surface area (Å²) in [6, 6.07) is 13.1. The summed E-state index contributed by atoms with van der Waals surface area (Å²) in [6.07, 6.45) is 4.18. The molecule has 0 bridgehead atoms. The number of ether oxygens (including phenoxy) is 2. The molecule has 0 saturated carbocycles. The molecule has 0 amide bonds. The summed E-state index contributed by atoms with van der Waals surface area (Å²) >= 11 is 0. The summed E-state index contributed by atoms with van der Waals surface area (Å²) in [5, 5.41) is 15.6. The molecule has 41 heavy (non-hydrogen) atoms. The molecule has 0 unspecified atom stereocenters. The van der Waals surface area contributed by atoms with Crippen LogP contribution in [0.15, 0.2) is 48.7 Å². The van der Waals surface area contributed by atoms with Crippen LogP contribution >= 0.6 is 0 Å². The molecular weight excluding hydrogens is 520 g/mol. The summed E-state index contributed by atoms with van der Waals surface area (Å²) < 4.78 is 13.4. The molecule has 10 heteroatoms. The molecule has 0 atom stereocenters. The first-order valence-corrected chi connectivity index (χ1v) is 14.0. The van der Waals surface area contributed by atoms with Crippen LogP contribution in [0.3, 0.4) is 0 Å². The Kier molecular flexibility index (Phi) is 11.6. The molecular formula is C31H42N6O4. The molecule has 0 spiro atoms. The van der Waals surface area contributed by atoms with Gasteiger partial charge in [0.05, 0.1) is 42.3 Å². The zero-order valence-electron chi connectivity index (χ0n) is 25.2.